The normalized spacial score (nSPS) is 11.4. The smallest absolute Gasteiger partial charge is 0.203 e. The molecule has 0 atom stereocenters. The second-order valence-corrected chi connectivity index (χ2v) is 11.7. The molecular weight excluding hydrogens is 640 g/mol. The first-order chi connectivity index (χ1) is 25.0. The average molecular weight is 683 g/mol. The monoisotopic (exact) mass is 682 g/mol. The maximum absolute atomic E-state index is 8.22. The van der Waals surface area contributed by atoms with Crippen molar-refractivity contribution in [3.63, 3.8) is 0 Å². The third-order valence-corrected chi connectivity index (χ3v) is 9.19. The summed E-state index contributed by atoms with van der Waals surface area (Å²) in [5.41, 5.74) is 2.03. The van der Waals surface area contributed by atoms with Gasteiger partial charge >= 0.3 is 0 Å². The Hall–Kier alpha value is -5.92. The Balaban J connectivity index is 1.87. The molecule has 0 aliphatic rings. The molecular formula is C44H42O7. The van der Waals surface area contributed by atoms with Gasteiger partial charge in [-0.3, -0.25) is 0 Å². The molecule has 7 heteroatoms. The second kappa shape index (κ2) is 15.3. The van der Waals surface area contributed by atoms with Crippen molar-refractivity contribution in [3.05, 3.63) is 179 Å². The van der Waals surface area contributed by atoms with Crippen molar-refractivity contribution in [2.24, 2.45) is 0 Å². The molecule has 0 saturated heterocycles. The van der Waals surface area contributed by atoms with Crippen LogP contribution in [-0.4, -0.2) is 42.7 Å². The van der Waals surface area contributed by atoms with Gasteiger partial charge in [-0.25, -0.2) is 0 Å². The van der Waals surface area contributed by atoms with Crippen LogP contribution in [0.1, 0.15) is 33.4 Å². The fourth-order valence-electron chi connectivity index (χ4n) is 6.98. The molecule has 0 N–H and O–H groups in total. The minimum absolute atomic E-state index is 0.436. The summed E-state index contributed by atoms with van der Waals surface area (Å²) >= 11 is 0. The number of benzene rings is 6. The first kappa shape index (κ1) is 34.9. The van der Waals surface area contributed by atoms with E-state index in [1.165, 1.54) is 0 Å². The predicted octanol–water partition coefficient (Wildman–Crippen LogP) is 9.04. The van der Waals surface area contributed by atoms with Gasteiger partial charge in [0, 0.05) is 11.1 Å². The van der Waals surface area contributed by atoms with Crippen LogP contribution in [-0.2, 0) is 15.9 Å². The maximum Gasteiger partial charge on any atom is 0.203 e. The quantitative estimate of drug-likeness (QED) is 0.106. The number of methoxy groups -OCH3 is 6. The zero-order chi connectivity index (χ0) is 35.8. The van der Waals surface area contributed by atoms with Crippen molar-refractivity contribution < 1.29 is 33.2 Å². The molecule has 0 saturated carbocycles. The van der Waals surface area contributed by atoms with E-state index in [1.54, 1.807) is 42.7 Å². The Labute approximate surface area is 299 Å². The molecule has 0 spiro atoms. The lowest BCUT2D eigenvalue weighted by Crippen LogP contribution is -2.45. The van der Waals surface area contributed by atoms with E-state index < -0.39 is 11.2 Å². The molecule has 260 valence electrons. The lowest BCUT2D eigenvalue weighted by molar-refractivity contribution is -0.0829. The topological polar surface area (TPSA) is 64.6 Å². The van der Waals surface area contributed by atoms with E-state index >= 15 is 0 Å². The molecule has 6 aromatic rings. The highest BCUT2D eigenvalue weighted by molar-refractivity contribution is 5.66. The van der Waals surface area contributed by atoms with Gasteiger partial charge in [-0.15, -0.1) is 0 Å². The molecule has 0 fully saturated rings. The van der Waals surface area contributed by atoms with Crippen LogP contribution < -0.4 is 28.4 Å². The number of hydrogen-bond donors (Lipinski definition) is 0. The summed E-state index contributed by atoms with van der Waals surface area (Å²) in [6.45, 7) is 0. The Morgan fingerprint density at radius 1 is 0.294 bits per heavy atom. The predicted molar refractivity (Wildman–Crippen MR) is 199 cm³/mol. The molecule has 0 aromatic heterocycles. The minimum atomic E-state index is -1.36. The second-order valence-electron chi connectivity index (χ2n) is 11.7. The van der Waals surface area contributed by atoms with Gasteiger partial charge in [0.25, 0.3) is 0 Å². The number of hydrogen-bond acceptors (Lipinski definition) is 7. The molecule has 6 rings (SSSR count). The summed E-state index contributed by atoms with van der Waals surface area (Å²) in [6, 6.07) is 48.3. The van der Waals surface area contributed by atoms with Crippen molar-refractivity contribution in [2.75, 3.05) is 42.7 Å². The standard InChI is InChI=1S/C44H42O7/c1-45-37-29-27-35(39(47-3)41(37)49-5)43(31-19-11-7-12-20-31,32-21-13-8-14-22-32)51-44(33-23-15-9-16-24-33,34-25-17-10-18-26-34)36-28-30-38(46-2)42(50-6)40(36)48-4/h7-30H,1-6H3. The van der Waals surface area contributed by atoms with E-state index in [1.807, 2.05) is 97.1 Å². The zero-order valence-electron chi connectivity index (χ0n) is 29.7. The van der Waals surface area contributed by atoms with E-state index in [9.17, 15) is 0 Å². The van der Waals surface area contributed by atoms with Gasteiger partial charge in [-0.1, -0.05) is 121 Å². The summed E-state index contributed by atoms with van der Waals surface area (Å²) < 4.78 is 44.2. The first-order valence-electron chi connectivity index (χ1n) is 16.5. The summed E-state index contributed by atoms with van der Waals surface area (Å²) in [5, 5.41) is 0. The molecule has 0 unspecified atom stereocenters. The summed E-state index contributed by atoms with van der Waals surface area (Å²) in [5.74, 6) is 2.83. The largest absolute Gasteiger partial charge is 0.493 e. The SMILES string of the molecule is COc1ccc(C(OC(c2ccccc2)(c2ccccc2)c2ccc(OC)c(OC)c2OC)(c2ccccc2)c2ccccc2)c(OC)c1OC. The fraction of sp³-hybridized carbons (Fsp3) is 0.182. The van der Waals surface area contributed by atoms with Crippen LogP contribution in [0.5, 0.6) is 34.5 Å². The maximum atomic E-state index is 8.22. The fourth-order valence-corrected chi connectivity index (χ4v) is 6.98. The summed E-state index contributed by atoms with van der Waals surface area (Å²) in [7, 11) is 9.67. The van der Waals surface area contributed by atoms with Gasteiger partial charge in [-0.2, -0.15) is 0 Å². The molecule has 51 heavy (non-hydrogen) atoms. The van der Waals surface area contributed by atoms with Crippen LogP contribution in [0.2, 0.25) is 0 Å². The summed E-state index contributed by atoms with van der Waals surface area (Å²) in [4.78, 5) is 0. The minimum Gasteiger partial charge on any atom is -0.493 e. The molecule has 0 heterocycles. The third kappa shape index (κ3) is 6.00. The van der Waals surface area contributed by atoms with Crippen molar-refractivity contribution >= 4 is 0 Å². The van der Waals surface area contributed by atoms with Crippen LogP contribution in [0.3, 0.4) is 0 Å². The van der Waals surface area contributed by atoms with E-state index in [0.717, 1.165) is 22.3 Å². The van der Waals surface area contributed by atoms with E-state index in [-0.39, 0.29) is 0 Å². The molecule has 0 aliphatic carbocycles. The van der Waals surface area contributed by atoms with Gasteiger partial charge in [0.1, 0.15) is 11.2 Å². The Morgan fingerprint density at radius 2 is 0.569 bits per heavy atom. The van der Waals surface area contributed by atoms with Crippen LogP contribution in [0.25, 0.3) is 0 Å². The van der Waals surface area contributed by atoms with E-state index in [0.29, 0.717) is 45.6 Å². The average Bonchev–Trinajstić information content (AvgIpc) is 3.21. The van der Waals surface area contributed by atoms with Crippen molar-refractivity contribution in [1.82, 2.24) is 0 Å². The van der Waals surface area contributed by atoms with Gasteiger partial charge in [0.05, 0.1) is 42.7 Å². The lowest BCUT2D eigenvalue weighted by Gasteiger charge is -2.47. The Kier molecular flexibility index (Phi) is 10.5. The molecule has 6 aromatic carbocycles. The molecule has 7 nitrogen and oxygen atoms in total. The van der Waals surface area contributed by atoms with Gasteiger partial charge in [0.15, 0.2) is 23.0 Å². The third-order valence-electron chi connectivity index (χ3n) is 9.19. The van der Waals surface area contributed by atoms with E-state index in [2.05, 4.69) is 48.5 Å². The number of rotatable bonds is 14. The lowest BCUT2D eigenvalue weighted by atomic mass is 9.74. The van der Waals surface area contributed by atoms with Crippen LogP contribution in [0.15, 0.2) is 146 Å². The van der Waals surface area contributed by atoms with Crippen molar-refractivity contribution in [2.45, 2.75) is 11.2 Å². The van der Waals surface area contributed by atoms with E-state index in [4.69, 9.17) is 33.2 Å². The highest BCUT2D eigenvalue weighted by Gasteiger charge is 2.52. The Bertz CT molecular complexity index is 1800. The van der Waals surface area contributed by atoms with Gasteiger partial charge < -0.3 is 33.2 Å². The van der Waals surface area contributed by atoms with Gasteiger partial charge in [-0.05, 0) is 46.5 Å². The van der Waals surface area contributed by atoms with Crippen LogP contribution >= 0.6 is 0 Å². The van der Waals surface area contributed by atoms with Crippen LogP contribution in [0, 0.1) is 0 Å². The van der Waals surface area contributed by atoms with Gasteiger partial charge in [0.2, 0.25) is 11.5 Å². The summed E-state index contributed by atoms with van der Waals surface area (Å²) in [6.07, 6.45) is 0. The molecule has 0 amide bonds. The zero-order valence-corrected chi connectivity index (χ0v) is 29.7. The Morgan fingerprint density at radius 3 is 0.804 bits per heavy atom. The van der Waals surface area contributed by atoms with Crippen LogP contribution in [0.4, 0.5) is 0 Å². The molecule has 0 radical (unpaired) electrons. The molecule has 0 aliphatic heterocycles. The van der Waals surface area contributed by atoms with Crippen molar-refractivity contribution in [1.29, 1.82) is 0 Å². The molecule has 0 bridgehead atoms. The highest BCUT2D eigenvalue weighted by Crippen LogP contribution is 2.58. The number of ether oxygens (including phenoxy) is 7. The first-order valence-corrected chi connectivity index (χ1v) is 16.5. The van der Waals surface area contributed by atoms with Crippen molar-refractivity contribution in [3.8, 4) is 34.5 Å². The highest BCUT2D eigenvalue weighted by atomic mass is 16.5.